The maximum atomic E-state index is 9.25. The van der Waals surface area contributed by atoms with E-state index in [0.717, 1.165) is 35.3 Å². The molecule has 0 radical (unpaired) electrons. The quantitative estimate of drug-likeness (QED) is 0.784. The molecular weight excluding hydrogens is 380 g/mol. The fraction of sp³-hybridized carbons (Fsp3) is 0.391. The van der Waals surface area contributed by atoms with Crippen molar-refractivity contribution >= 4 is 5.96 Å². The lowest BCUT2D eigenvalue weighted by Gasteiger charge is -2.47. The summed E-state index contributed by atoms with van der Waals surface area (Å²) in [5.41, 5.74) is 8.01. The number of nitriles is 1. The van der Waals surface area contributed by atoms with Crippen LogP contribution in [0.1, 0.15) is 37.3 Å². The third-order valence-electron chi connectivity index (χ3n) is 6.16. The number of hydrogen-bond donors (Lipinski definition) is 1. The maximum Gasteiger partial charge on any atom is 0.222 e. The van der Waals surface area contributed by atoms with Gasteiger partial charge in [0.1, 0.15) is 11.4 Å². The molecule has 5 rings (SSSR count). The van der Waals surface area contributed by atoms with E-state index in [-0.39, 0.29) is 6.10 Å². The summed E-state index contributed by atoms with van der Waals surface area (Å²) in [6.45, 7) is 2.57. The molecular formula is C23H24N4O3. The highest BCUT2D eigenvalue weighted by molar-refractivity contribution is 5.79. The SMILES string of the molecule is C[C@@H]1CC[C@]2(CO1)C[C@@]1(N=C(N)N(C)O1)c1cc(-c3cccc(C#N)c3)ccc1O2. The lowest BCUT2D eigenvalue weighted by Crippen LogP contribution is -2.54. The summed E-state index contributed by atoms with van der Waals surface area (Å²) in [6, 6.07) is 15.7. The van der Waals surface area contributed by atoms with Crippen LogP contribution in [0.4, 0.5) is 0 Å². The van der Waals surface area contributed by atoms with Gasteiger partial charge >= 0.3 is 0 Å². The predicted octanol–water partition coefficient (Wildman–Crippen LogP) is 3.29. The lowest BCUT2D eigenvalue weighted by atomic mass is 9.80. The third-order valence-corrected chi connectivity index (χ3v) is 6.16. The van der Waals surface area contributed by atoms with Crippen LogP contribution in [-0.2, 0) is 15.3 Å². The average Bonchev–Trinajstić information content (AvgIpc) is 3.03. The first-order chi connectivity index (χ1) is 14.4. The van der Waals surface area contributed by atoms with E-state index in [1.54, 1.807) is 13.1 Å². The molecule has 7 nitrogen and oxygen atoms in total. The standard InChI is InChI=1S/C23H24N4O3/c1-15-8-9-22(14-28-15)13-23(26-21(25)27(2)30-23)19-11-18(6-7-20(19)29-22)17-5-3-4-16(10-17)12-24/h3-7,10-11,15H,8-9,13-14H2,1-2H3,(H2,25,26)/t15-,22-,23+/m1/s1. The van der Waals surface area contributed by atoms with Gasteiger partial charge in [0, 0.05) is 13.5 Å². The molecule has 2 spiro atoms. The molecule has 1 fully saturated rings. The van der Waals surface area contributed by atoms with Crippen LogP contribution in [0.3, 0.4) is 0 Å². The molecule has 3 aliphatic rings. The minimum Gasteiger partial charge on any atom is -0.484 e. The first-order valence-electron chi connectivity index (χ1n) is 10.2. The van der Waals surface area contributed by atoms with Crippen molar-refractivity contribution in [2.75, 3.05) is 13.7 Å². The number of guanidine groups is 1. The van der Waals surface area contributed by atoms with Crippen molar-refractivity contribution in [3.63, 3.8) is 0 Å². The molecule has 3 aliphatic heterocycles. The number of ether oxygens (including phenoxy) is 2. The lowest BCUT2D eigenvalue weighted by molar-refractivity contribution is -0.220. The maximum absolute atomic E-state index is 9.25. The van der Waals surface area contributed by atoms with Gasteiger partial charge in [0.05, 0.1) is 29.9 Å². The van der Waals surface area contributed by atoms with Gasteiger partial charge in [-0.1, -0.05) is 18.2 Å². The number of benzene rings is 2. The van der Waals surface area contributed by atoms with Crippen molar-refractivity contribution in [2.45, 2.75) is 43.6 Å². The molecule has 3 heterocycles. The van der Waals surface area contributed by atoms with Gasteiger partial charge in [0.2, 0.25) is 11.7 Å². The highest BCUT2D eigenvalue weighted by Crippen LogP contribution is 2.52. The van der Waals surface area contributed by atoms with Gasteiger partial charge in [0.15, 0.2) is 0 Å². The van der Waals surface area contributed by atoms with Gasteiger partial charge < -0.3 is 15.2 Å². The summed E-state index contributed by atoms with van der Waals surface area (Å²) >= 11 is 0. The number of aliphatic imine (C=N–C) groups is 1. The summed E-state index contributed by atoms with van der Waals surface area (Å²) in [6.07, 6.45) is 2.52. The van der Waals surface area contributed by atoms with E-state index in [4.69, 9.17) is 25.0 Å². The van der Waals surface area contributed by atoms with Crippen LogP contribution < -0.4 is 10.5 Å². The number of hydrogen-bond acceptors (Lipinski definition) is 7. The number of nitrogens with two attached hydrogens (primary N) is 1. The molecule has 3 atom stereocenters. The van der Waals surface area contributed by atoms with Crippen LogP contribution in [0, 0.1) is 11.3 Å². The molecule has 0 saturated carbocycles. The second kappa shape index (κ2) is 6.73. The van der Waals surface area contributed by atoms with Gasteiger partial charge in [-0.2, -0.15) is 5.26 Å². The highest BCUT2D eigenvalue weighted by atomic mass is 16.7. The van der Waals surface area contributed by atoms with Crippen LogP contribution >= 0.6 is 0 Å². The third kappa shape index (κ3) is 3.00. The van der Waals surface area contributed by atoms with Crippen LogP contribution in [0.25, 0.3) is 11.1 Å². The molecule has 1 saturated heterocycles. The van der Waals surface area contributed by atoms with E-state index in [2.05, 4.69) is 13.0 Å². The zero-order chi connectivity index (χ0) is 20.9. The normalized spacial score (nSPS) is 30.0. The Morgan fingerprint density at radius 1 is 1.23 bits per heavy atom. The Kier molecular flexibility index (Phi) is 4.24. The van der Waals surface area contributed by atoms with E-state index >= 15 is 0 Å². The Labute approximate surface area is 175 Å². The van der Waals surface area contributed by atoms with Crippen molar-refractivity contribution < 1.29 is 14.3 Å². The zero-order valence-electron chi connectivity index (χ0n) is 17.1. The largest absolute Gasteiger partial charge is 0.484 e. The zero-order valence-corrected chi connectivity index (χ0v) is 17.1. The van der Waals surface area contributed by atoms with Gasteiger partial charge in [-0.05, 0) is 55.2 Å². The van der Waals surface area contributed by atoms with Crippen molar-refractivity contribution in [3.05, 3.63) is 53.6 Å². The Hall–Kier alpha value is -3.08. The fourth-order valence-corrected chi connectivity index (χ4v) is 4.54. The summed E-state index contributed by atoms with van der Waals surface area (Å²) in [4.78, 5) is 11.0. The van der Waals surface area contributed by atoms with Gasteiger partial charge in [-0.3, -0.25) is 0 Å². The molecule has 0 aliphatic carbocycles. The summed E-state index contributed by atoms with van der Waals surface area (Å²) < 4.78 is 12.5. The van der Waals surface area contributed by atoms with E-state index in [1.165, 1.54) is 5.06 Å². The molecule has 0 aromatic heterocycles. The Morgan fingerprint density at radius 3 is 2.77 bits per heavy atom. The monoisotopic (exact) mass is 404 g/mol. The number of nitrogens with zero attached hydrogens (tertiary/aromatic N) is 3. The van der Waals surface area contributed by atoms with E-state index < -0.39 is 11.3 Å². The van der Waals surface area contributed by atoms with Gasteiger partial charge in [-0.25, -0.2) is 14.9 Å². The predicted molar refractivity (Wildman–Crippen MR) is 111 cm³/mol. The molecule has 2 aromatic carbocycles. The van der Waals surface area contributed by atoms with E-state index in [9.17, 15) is 5.26 Å². The molecule has 0 amide bonds. The number of fused-ring (bicyclic) bond motifs is 2. The summed E-state index contributed by atoms with van der Waals surface area (Å²) in [5.74, 6) is 1.06. The van der Waals surface area contributed by atoms with Crippen LogP contribution in [0.5, 0.6) is 5.75 Å². The molecule has 0 unspecified atom stereocenters. The molecule has 2 N–H and O–H groups in total. The summed E-state index contributed by atoms with van der Waals surface area (Å²) in [5, 5.41) is 10.8. The van der Waals surface area contributed by atoms with Crippen molar-refractivity contribution in [3.8, 4) is 22.9 Å². The Bertz CT molecular complexity index is 1070. The number of hydroxylamine groups is 2. The first kappa shape index (κ1) is 18.9. The topological polar surface area (TPSA) is 93.1 Å². The molecule has 7 heteroatoms. The van der Waals surface area contributed by atoms with Gasteiger partial charge in [-0.15, -0.1) is 0 Å². The van der Waals surface area contributed by atoms with Crippen molar-refractivity contribution in [1.29, 1.82) is 5.26 Å². The first-order valence-corrected chi connectivity index (χ1v) is 10.2. The van der Waals surface area contributed by atoms with Crippen molar-refractivity contribution in [1.82, 2.24) is 5.06 Å². The van der Waals surface area contributed by atoms with E-state index in [1.807, 2.05) is 36.4 Å². The van der Waals surface area contributed by atoms with Gasteiger partial charge in [0.25, 0.3) is 0 Å². The molecule has 154 valence electrons. The fourth-order valence-electron chi connectivity index (χ4n) is 4.54. The minimum atomic E-state index is -0.959. The average molecular weight is 404 g/mol. The minimum absolute atomic E-state index is 0.215. The van der Waals surface area contributed by atoms with Crippen LogP contribution in [-0.4, -0.2) is 36.4 Å². The molecule has 30 heavy (non-hydrogen) atoms. The van der Waals surface area contributed by atoms with E-state index in [0.29, 0.717) is 24.6 Å². The number of rotatable bonds is 1. The Balaban J connectivity index is 1.62. The second-order valence-electron chi connectivity index (χ2n) is 8.37. The highest BCUT2D eigenvalue weighted by Gasteiger charge is 2.55. The van der Waals surface area contributed by atoms with Crippen LogP contribution in [0.15, 0.2) is 47.5 Å². The summed E-state index contributed by atoms with van der Waals surface area (Å²) in [7, 11) is 1.76. The Morgan fingerprint density at radius 2 is 2.07 bits per heavy atom. The van der Waals surface area contributed by atoms with Crippen LogP contribution in [0.2, 0.25) is 0 Å². The smallest absolute Gasteiger partial charge is 0.222 e. The molecule has 0 bridgehead atoms. The van der Waals surface area contributed by atoms with Crippen molar-refractivity contribution in [2.24, 2.45) is 10.7 Å². The molecule has 2 aromatic rings. The second-order valence-corrected chi connectivity index (χ2v) is 8.37.